The summed E-state index contributed by atoms with van der Waals surface area (Å²) in [6, 6.07) is 31.0. The third-order valence-corrected chi connectivity index (χ3v) is 8.63. The van der Waals surface area contributed by atoms with Crippen molar-refractivity contribution in [3.05, 3.63) is 138 Å². The Hall–Kier alpha value is -4.67. The Labute approximate surface area is 287 Å². The largest absolute Gasteiger partial charge is 1.00 e. The molecule has 0 radical (unpaired) electrons. The first-order chi connectivity index (χ1) is 21.7. The van der Waals surface area contributed by atoms with E-state index in [2.05, 4.69) is 0 Å². The van der Waals surface area contributed by atoms with E-state index >= 15 is 0 Å². The molecule has 0 aliphatic carbocycles. The number of aromatic carboxylic acids is 1. The maximum absolute atomic E-state index is 14.3. The van der Waals surface area contributed by atoms with Gasteiger partial charge in [0.2, 0.25) is 0 Å². The molecular formula is C36H25NaO8S. The number of hydrogen-bond donors (Lipinski definition) is 1. The number of rotatable bonds is 9. The molecule has 224 valence electrons. The van der Waals surface area contributed by atoms with Crippen LogP contribution in [0.1, 0.15) is 39.0 Å². The van der Waals surface area contributed by atoms with E-state index in [-0.39, 0.29) is 46.7 Å². The number of carboxylic acid groups (broad SMARTS) is 1. The van der Waals surface area contributed by atoms with Gasteiger partial charge in [0.05, 0.1) is 11.5 Å². The van der Waals surface area contributed by atoms with Gasteiger partial charge in [-0.1, -0.05) is 85.8 Å². The molecule has 1 heterocycles. The second-order valence-electron chi connectivity index (χ2n) is 10.2. The van der Waals surface area contributed by atoms with Crippen molar-refractivity contribution in [2.45, 2.75) is 18.2 Å². The van der Waals surface area contributed by atoms with E-state index in [1.54, 1.807) is 78.9 Å². The van der Waals surface area contributed by atoms with Gasteiger partial charge in [0.1, 0.15) is 22.0 Å². The number of ketones is 1. The van der Waals surface area contributed by atoms with E-state index in [1.165, 1.54) is 0 Å². The van der Waals surface area contributed by atoms with E-state index < -0.39 is 32.3 Å². The van der Waals surface area contributed by atoms with Crippen molar-refractivity contribution in [1.29, 1.82) is 0 Å². The zero-order valence-corrected chi connectivity index (χ0v) is 27.7. The van der Waals surface area contributed by atoms with Crippen molar-refractivity contribution in [2.24, 2.45) is 0 Å². The van der Waals surface area contributed by atoms with Crippen molar-refractivity contribution in [2.75, 3.05) is 0 Å². The molecule has 1 aromatic heterocycles. The summed E-state index contributed by atoms with van der Waals surface area (Å²) in [5.41, 5.74) is 2.55. The maximum Gasteiger partial charge on any atom is 1.00 e. The van der Waals surface area contributed by atoms with Gasteiger partial charge >= 0.3 is 39.7 Å². The molecule has 0 aliphatic heterocycles. The van der Waals surface area contributed by atoms with Crippen LogP contribution < -0.4 is 38.8 Å². The fourth-order valence-electron chi connectivity index (χ4n) is 5.25. The number of benzene rings is 5. The number of carbonyl (C=O) groups excluding carboxylic acids is 2. The smallest absolute Gasteiger partial charge is 0.545 e. The van der Waals surface area contributed by atoms with Gasteiger partial charge < -0.3 is 23.6 Å². The van der Waals surface area contributed by atoms with E-state index in [0.29, 0.717) is 51.0 Å². The Morgan fingerprint density at radius 2 is 1.37 bits per heavy atom. The molecule has 5 aromatic carbocycles. The Morgan fingerprint density at radius 3 is 1.91 bits per heavy atom. The molecule has 46 heavy (non-hydrogen) atoms. The summed E-state index contributed by atoms with van der Waals surface area (Å²) >= 11 is 0. The van der Waals surface area contributed by atoms with Gasteiger partial charge in [-0.2, -0.15) is 8.42 Å². The predicted octanol–water partition coefficient (Wildman–Crippen LogP) is 3.40. The minimum absolute atomic E-state index is 0. The molecule has 10 heteroatoms. The molecule has 1 N–H and O–H groups in total. The van der Waals surface area contributed by atoms with Crippen LogP contribution in [0.4, 0.5) is 0 Å². The van der Waals surface area contributed by atoms with Crippen molar-refractivity contribution >= 4 is 32.8 Å². The van der Waals surface area contributed by atoms with Gasteiger partial charge in [-0.05, 0) is 41.5 Å². The zero-order chi connectivity index (χ0) is 31.7. The minimum Gasteiger partial charge on any atom is -0.545 e. The topological polar surface area (TPSA) is 134 Å². The summed E-state index contributed by atoms with van der Waals surface area (Å²) in [7, 11) is -4.63. The number of phenols is 1. The van der Waals surface area contributed by atoms with E-state index in [0.717, 1.165) is 18.2 Å². The molecule has 0 bridgehead atoms. The van der Waals surface area contributed by atoms with Crippen LogP contribution >= 0.6 is 0 Å². The molecule has 0 amide bonds. The van der Waals surface area contributed by atoms with Crippen LogP contribution in [0.3, 0.4) is 0 Å². The molecule has 0 aliphatic rings. The molecule has 0 atom stereocenters. The van der Waals surface area contributed by atoms with Gasteiger partial charge in [-0.25, -0.2) is 0 Å². The van der Waals surface area contributed by atoms with Crippen LogP contribution in [-0.2, 0) is 16.5 Å². The van der Waals surface area contributed by atoms with Gasteiger partial charge in [0.25, 0.3) is 0 Å². The number of aryl methyl sites for hydroxylation is 1. The normalized spacial score (nSPS) is 11.2. The van der Waals surface area contributed by atoms with E-state index in [1.807, 2.05) is 25.1 Å². The van der Waals surface area contributed by atoms with Crippen LogP contribution in [0.5, 0.6) is 11.5 Å². The monoisotopic (exact) mass is 640 g/mol. The van der Waals surface area contributed by atoms with Crippen LogP contribution in [0, 0.1) is 0 Å². The summed E-state index contributed by atoms with van der Waals surface area (Å²) in [6.45, 7) is 1.90. The molecule has 0 unspecified atom stereocenters. The first-order valence-electron chi connectivity index (χ1n) is 14.0. The first-order valence-corrected chi connectivity index (χ1v) is 15.4. The Bertz CT molecular complexity index is 2130. The average molecular weight is 641 g/mol. The van der Waals surface area contributed by atoms with Gasteiger partial charge in [-0.15, -0.1) is 0 Å². The fraction of sp³-hybridized carbons (Fsp3) is 0.0556. The molecule has 0 fully saturated rings. The van der Waals surface area contributed by atoms with Crippen LogP contribution in [-0.4, -0.2) is 25.3 Å². The first kappa shape index (κ1) is 32.7. The minimum atomic E-state index is -4.63. The summed E-state index contributed by atoms with van der Waals surface area (Å²) in [5, 5.41) is 22.1. The third kappa shape index (κ3) is 6.23. The molecule has 0 saturated heterocycles. The zero-order valence-electron chi connectivity index (χ0n) is 24.9. The van der Waals surface area contributed by atoms with E-state index in [4.69, 9.17) is 8.60 Å². The number of aromatic hydroxyl groups is 1. The standard InChI is InChI=1S/C36H26O8S.Na/c1-2-31-33(27-15-9-10-16-32(27)43-31)34(38)24-19-28(22-11-5-3-6-12-22)35(29(20-24)23-13-7-4-8-14-23)44-45(41,42)25-17-18-26(36(39)40)30(37)21-25;/h3-21,37H,2H2,1H3,(H,39,40);/q;+1/p-1. The summed E-state index contributed by atoms with van der Waals surface area (Å²) in [4.78, 5) is 25.1. The van der Waals surface area contributed by atoms with Gasteiger partial charge in [-0.3, -0.25) is 4.79 Å². The third-order valence-electron chi connectivity index (χ3n) is 7.41. The van der Waals surface area contributed by atoms with Crippen molar-refractivity contribution < 1.29 is 66.4 Å². The Kier molecular flexibility index (Phi) is 9.50. The number of carboxylic acids is 1. The van der Waals surface area contributed by atoms with E-state index in [9.17, 15) is 28.2 Å². The molecule has 0 spiro atoms. The van der Waals surface area contributed by atoms with Crippen LogP contribution in [0.2, 0.25) is 0 Å². The summed E-state index contributed by atoms with van der Waals surface area (Å²) in [6.07, 6.45) is 0.482. The number of para-hydroxylation sites is 1. The van der Waals surface area contributed by atoms with Gasteiger partial charge in [0, 0.05) is 40.1 Å². The van der Waals surface area contributed by atoms with Crippen molar-refractivity contribution in [3.63, 3.8) is 0 Å². The van der Waals surface area contributed by atoms with Crippen molar-refractivity contribution in [1.82, 2.24) is 0 Å². The Morgan fingerprint density at radius 1 is 0.804 bits per heavy atom. The second-order valence-corrected chi connectivity index (χ2v) is 11.8. The van der Waals surface area contributed by atoms with Gasteiger partial charge in [0.15, 0.2) is 11.5 Å². The number of carbonyl (C=O) groups is 2. The Balaban J connectivity index is 0.00000417. The second kappa shape index (κ2) is 13.4. The van der Waals surface area contributed by atoms with Crippen LogP contribution in [0.15, 0.2) is 125 Å². The number of hydrogen-bond acceptors (Lipinski definition) is 8. The van der Waals surface area contributed by atoms with Crippen molar-refractivity contribution in [3.8, 4) is 33.8 Å². The maximum atomic E-state index is 14.3. The fourth-order valence-corrected chi connectivity index (χ4v) is 6.24. The van der Waals surface area contributed by atoms with Crippen LogP contribution in [0.25, 0.3) is 33.2 Å². The predicted molar refractivity (Wildman–Crippen MR) is 167 cm³/mol. The molecule has 8 nitrogen and oxygen atoms in total. The molecule has 6 aromatic rings. The molecular weight excluding hydrogens is 615 g/mol. The SMILES string of the molecule is CCc1oc2ccccc2c1C(=O)c1cc(-c2ccccc2)c(OS(=O)(=O)c2ccc(C(=O)[O-])c(O)c2)c(-c2ccccc2)c1.[Na+]. The number of fused-ring (bicyclic) bond motifs is 1. The number of furan rings is 1. The quantitative estimate of drug-likeness (QED) is 0.145. The average Bonchev–Trinajstić information content (AvgIpc) is 3.43. The summed E-state index contributed by atoms with van der Waals surface area (Å²) in [5.74, 6) is -2.27. The molecule has 6 rings (SSSR count). The summed E-state index contributed by atoms with van der Waals surface area (Å²) < 4.78 is 39.2. The molecule has 0 saturated carbocycles.